The molecule has 6 nitrogen and oxygen atoms in total. The van der Waals surface area contributed by atoms with Crippen LogP contribution in [0.5, 0.6) is 0 Å². The minimum atomic E-state index is -1.55. The third kappa shape index (κ3) is 63.6. The molecule has 0 rings (SSSR count). The highest BCUT2D eigenvalue weighted by atomic mass is 16.4. The Kier molecular flexibility index (Phi) is 44.7. The second-order valence-electron chi connectivity index (χ2n) is 17.6. The molecular formula is C46H94N2O4. The quantitative estimate of drug-likeness (QED) is 0.0364. The van der Waals surface area contributed by atoms with Gasteiger partial charge in [0.25, 0.3) is 0 Å². The molecule has 0 unspecified atom stereocenters. The predicted octanol–water partition coefficient (Wildman–Crippen LogP) is 11.0. The molecule has 52 heavy (non-hydrogen) atoms. The maximum atomic E-state index is 9.41. The van der Waals surface area contributed by atoms with E-state index in [0.717, 1.165) is 8.97 Å². The lowest BCUT2D eigenvalue weighted by atomic mass is 10.0. The number of carbonyl (C=O) groups excluding carboxylic acids is 2. The number of nitrogens with zero attached hydrogens (tertiary/aromatic N) is 2. The third-order valence-electron chi connectivity index (χ3n) is 9.72. The number of aliphatic carboxylic acids is 2. The van der Waals surface area contributed by atoms with Crippen LogP contribution in [0.1, 0.15) is 219 Å². The van der Waals surface area contributed by atoms with E-state index in [1.165, 1.54) is 219 Å². The molecule has 0 amide bonds. The van der Waals surface area contributed by atoms with Gasteiger partial charge in [-0.3, -0.25) is 0 Å². The lowest BCUT2D eigenvalue weighted by Gasteiger charge is -2.23. The maximum Gasteiger partial charge on any atom is 0.0780 e. The summed E-state index contributed by atoms with van der Waals surface area (Å²) in [6, 6.07) is 0. The molecule has 0 atom stereocenters. The van der Waals surface area contributed by atoms with Crippen LogP contribution in [0.15, 0.2) is 12.2 Å². The van der Waals surface area contributed by atoms with Gasteiger partial charge in [-0.15, -0.1) is 0 Å². The number of hydrogen-bond donors (Lipinski definition) is 0. The molecule has 0 heterocycles. The van der Waals surface area contributed by atoms with Gasteiger partial charge in [-0.25, -0.2) is 0 Å². The van der Waals surface area contributed by atoms with Crippen LogP contribution in [0.3, 0.4) is 0 Å². The van der Waals surface area contributed by atoms with Gasteiger partial charge < -0.3 is 28.8 Å². The average molecular weight is 739 g/mol. The Morgan fingerprint density at radius 1 is 0.327 bits per heavy atom. The Morgan fingerprint density at radius 2 is 0.481 bits per heavy atom. The highest BCUT2D eigenvalue weighted by Crippen LogP contribution is 2.15. The lowest BCUT2D eigenvalue weighted by Crippen LogP contribution is -2.35. The molecule has 0 aliphatic heterocycles. The van der Waals surface area contributed by atoms with Gasteiger partial charge in [0.2, 0.25) is 0 Å². The van der Waals surface area contributed by atoms with E-state index in [2.05, 4.69) is 56.1 Å². The molecule has 312 valence electrons. The molecular weight excluding hydrogens is 645 g/mol. The molecule has 0 aliphatic carbocycles. The summed E-state index contributed by atoms with van der Waals surface area (Å²) in [5.74, 6) is -3.09. The van der Waals surface area contributed by atoms with Gasteiger partial charge in [-0.2, -0.15) is 0 Å². The summed E-state index contributed by atoms with van der Waals surface area (Å²) < 4.78 is 2.25. The smallest absolute Gasteiger partial charge is 0.0780 e. The van der Waals surface area contributed by atoms with E-state index in [0.29, 0.717) is 12.2 Å². The monoisotopic (exact) mass is 739 g/mol. The average Bonchev–Trinajstić information content (AvgIpc) is 3.06. The minimum Gasteiger partial charge on any atom is -0.545 e. The first-order valence-electron chi connectivity index (χ1n) is 22.5. The number of carboxylic acid groups (broad SMARTS) is 2. The highest BCUT2D eigenvalue weighted by molar-refractivity contribution is 5.87. The summed E-state index contributed by atoms with van der Waals surface area (Å²) in [6.45, 7) is 7.26. The molecule has 0 saturated carbocycles. The van der Waals surface area contributed by atoms with E-state index in [9.17, 15) is 19.8 Å². The molecule has 0 aromatic heterocycles. The van der Waals surface area contributed by atoms with Crippen molar-refractivity contribution in [3.63, 3.8) is 0 Å². The topological polar surface area (TPSA) is 80.3 Å². The van der Waals surface area contributed by atoms with Crippen molar-refractivity contribution in [3.05, 3.63) is 12.2 Å². The summed E-state index contributed by atoms with van der Waals surface area (Å²) in [7, 11) is 13.8. The standard InChI is InChI=1S/2C21H46N.C4H4O4/c2*1-5-6-7-8-9-10-11-12-13-14-15-16-17-18-19-20-21-22(2,3)4;5-3(6)1-2-4(7)8/h2*5-21H2,1-4H3;1-2H,(H,5,6)(H,7,8)/q2*+1;/p-2/b;;2-1+. The first-order valence-corrected chi connectivity index (χ1v) is 22.5. The van der Waals surface area contributed by atoms with Gasteiger partial charge >= 0.3 is 0 Å². The van der Waals surface area contributed by atoms with E-state index >= 15 is 0 Å². The van der Waals surface area contributed by atoms with Crippen LogP contribution in [0.2, 0.25) is 0 Å². The van der Waals surface area contributed by atoms with Crippen molar-refractivity contribution in [2.45, 2.75) is 219 Å². The molecule has 0 aliphatic rings. The summed E-state index contributed by atoms with van der Waals surface area (Å²) in [4.78, 5) is 18.8. The van der Waals surface area contributed by atoms with Gasteiger partial charge in [0, 0.05) is 0 Å². The number of rotatable bonds is 36. The first-order chi connectivity index (χ1) is 24.7. The fourth-order valence-corrected chi connectivity index (χ4v) is 6.40. The van der Waals surface area contributed by atoms with E-state index in [4.69, 9.17) is 0 Å². The van der Waals surface area contributed by atoms with E-state index in [1.54, 1.807) is 0 Å². The number of quaternary nitrogens is 2. The van der Waals surface area contributed by atoms with Crippen LogP contribution in [0.25, 0.3) is 0 Å². The zero-order valence-electron chi connectivity index (χ0n) is 36.7. The van der Waals surface area contributed by atoms with E-state index in [-0.39, 0.29) is 0 Å². The normalized spacial score (nSPS) is 11.6. The number of unbranched alkanes of at least 4 members (excludes halogenated alkanes) is 30. The zero-order chi connectivity index (χ0) is 39.6. The van der Waals surface area contributed by atoms with Crippen LogP contribution in [-0.4, -0.2) is 76.3 Å². The fourth-order valence-electron chi connectivity index (χ4n) is 6.40. The van der Waals surface area contributed by atoms with Gasteiger partial charge in [0.15, 0.2) is 0 Å². The molecule has 0 spiro atoms. The van der Waals surface area contributed by atoms with Crippen LogP contribution in [-0.2, 0) is 9.59 Å². The maximum absolute atomic E-state index is 9.41. The molecule has 0 aromatic carbocycles. The fraction of sp³-hybridized carbons (Fsp3) is 0.913. The van der Waals surface area contributed by atoms with Gasteiger partial charge in [0.1, 0.15) is 0 Å². The summed E-state index contributed by atoms with van der Waals surface area (Å²) >= 11 is 0. The van der Waals surface area contributed by atoms with Crippen molar-refractivity contribution >= 4 is 11.9 Å². The summed E-state index contributed by atoms with van der Waals surface area (Å²) in [5, 5.41) is 18.8. The van der Waals surface area contributed by atoms with Crippen LogP contribution < -0.4 is 10.2 Å². The van der Waals surface area contributed by atoms with Crippen LogP contribution >= 0.6 is 0 Å². The molecule has 0 aromatic rings. The van der Waals surface area contributed by atoms with Gasteiger partial charge in [-0.1, -0.05) is 194 Å². The molecule has 6 heteroatoms. The highest BCUT2D eigenvalue weighted by Gasteiger charge is 2.06. The van der Waals surface area contributed by atoms with Gasteiger partial charge in [0.05, 0.1) is 67.3 Å². The van der Waals surface area contributed by atoms with Crippen LogP contribution in [0.4, 0.5) is 0 Å². The number of carboxylic acids is 2. The van der Waals surface area contributed by atoms with Crippen molar-refractivity contribution in [2.24, 2.45) is 0 Å². The SMILES string of the molecule is CCCCCCCCCCCCCCCCCC[N+](C)(C)C.CCCCCCCCCCCCCCCCCC[N+](C)(C)C.O=C([O-])/C=C/C(=O)[O-]. The van der Waals surface area contributed by atoms with Crippen molar-refractivity contribution in [2.75, 3.05) is 55.4 Å². The minimum absolute atomic E-state index is 0.384. The Bertz CT molecular complexity index is 692. The Hall–Kier alpha value is -1.40. The number of carbonyl (C=O) groups is 2. The van der Waals surface area contributed by atoms with Gasteiger partial charge in [-0.05, 0) is 37.8 Å². The Morgan fingerprint density at radius 3 is 0.615 bits per heavy atom. The third-order valence-corrected chi connectivity index (χ3v) is 9.72. The summed E-state index contributed by atoms with van der Waals surface area (Å²) in [5.41, 5.74) is 0. The zero-order valence-corrected chi connectivity index (χ0v) is 36.7. The Balaban J connectivity index is -0.000000764. The van der Waals surface area contributed by atoms with Crippen molar-refractivity contribution in [1.29, 1.82) is 0 Å². The molecule has 0 bridgehead atoms. The van der Waals surface area contributed by atoms with E-state index in [1.807, 2.05) is 0 Å². The Labute approximate surface area is 326 Å². The number of hydrogen-bond acceptors (Lipinski definition) is 4. The van der Waals surface area contributed by atoms with Crippen LogP contribution in [0, 0.1) is 0 Å². The molecule has 0 radical (unpaired) electrons. The predicted molar refractivity (Wildman–Crippen MR) is 224 cm³/mol. The first kappa shape index (κ1) is 54.9. The lowest BCUT2D eigenvalue weighted by molar-refractivity contribution is -0.870. The molecule has 0 fully saturated rings. The largest absolute Gasteiger partial charge is 0.545 e. The summed E-state index contributed by atoms with van der Waals surface area (Å²) in [6.07, 6.45) is 47.5. The van der Waals surface area contributed by atoms with Crippen molar-refractivity contribution < 1.29 is 28.8 Å². The van der Waals surface area contributed by atoms with Crippen molar-refractivity contribution in [3.8, 4) is 0 Å². The molecule has 0 N–H and O–H groups in total. The molecule has 0 saturated heterocycles. The van der Waals surface area contributed by atoms with Crippen molar-refractivity contribution in [1.82, 2.24) is 0 Å². The second-order valence-corrected chi connectivity index (χ2v) is 17.6. The second kappa shape index (κ2) is 42.3. The van der Waals surface area contributed by atoms with E-state index < -0.39 is 11.9 Å².